The molecule has 5 heteroatoms. The van der Waals surface area contributed by atoms with E-state index in [1.165, 1.54) is 6.26 Å². The highest BCUT2D eigenvalue weighted by Gasteiger charge is 2.14. The molecule has 0 fully saturated rings. The van der Waals surface area contributed by atoms with E-state index in [2.05, 4.69) is 5.16 Å². The molecule has 0 aromatic carbocycles. The molecular weight excluding hydrogens is 196 g/mol. The summed E-state index contributed by atoms with van der Waals surface area (Å²) in [5.74, 6) is -0.659. The maximum absolute atomic E-state index is 10.9. The average Bonchev–Trinajstić information content (AvgIpc) is 2.70. The molecule has 1 rings (SSSR count). The fourth-order valence-corrected chi connectivity index (χ4v) is 0.931. The standard InChI is InChI=1S/C10H13N2O3/c1-2-3-7-15-12-9(10(11)13)8-5-4-6-14-8/h4-6,11H,2-3,7H2,1H3/b12-9+. The zero-order valence-corrected chi connectivity index (χ0v) is 8.53. The summed E-state index contributed by atoms with van der Waals surface area (Å²) in [5.41, 5.74) is 6.88. The lowest BCUT2D eigenvalue weighted by Gasteiger charge is -1.99. The molecular formula is C10H13N2O3. The summed E-state index contributed by atoms with van der Waals surface area (Å²) in [6.45, 7) is 2.46. The van der Waals surface area contributed by atoms with E-state index in [1.54, 1.807) is 12.1 Å². The third-order valence-electron chi connectivity index (χ3n) is 1.71. The third-order valence-corrected chi connectivity index (χ3v) is 1.71. The lowest BCUT2D eigenvalue weighted by molar-refractivity contribution is -0.112. The molecule has 1 N–H and O–H groups in total. The highest BCUT2D eigenvalue weighted by atomic mass is 16.6. The van der Waals surface area contributed by atoms with Crippen LogP contribution in [0, 0.1) is 0 Å². The number of hydrogen-bond donors (Lipinski definition) is 0. The number of nitrogens with one attached hydrogen (secondary N) is 1. The smallest absolute Gasteiger partial charge is 0.295 e. The maximum atomic E-state index is 10.9. The van der Waals surface area contributed by atoms with Crippen LogP contribution in [0.5, 0.6) is 0 Å². The molecule has 0 saturated carbocycles. The lowest BCUT2D eigenvalue weighted by Crippen LogP contribution is -2.16. The first kappa shape index (κ1) is 11.3. The summed E-state index contributed by atoms with van der Waals surface area (Å²) < 4.78 is 4.96. The minimum atomic E-state index is -0.915. The second-order valence-electron chi connectivity index (χ2n) is 2.93. The van der Waals surface area contributed by atoms with Crippen LogP contribution in [0.1, 0.15) is 25.5 Å². The summed E-state index contributed by atoms with van der Waals surface area (Å²) in [6, 6.07) is 3.19. The van der Waals surface area contributed by atoms with Crippen molar-refractivity contribution in [1.82, 2.24) is 5.73 Å². The number of carbonyl (C=O) groups excluding carboxylic acids is 1. The van der Waals surface area contributed by atoms with Crippen LogP contribution in [0.15, 0.2) is 28.0 Å². The monoisotopic (exact) mass is 209 g/mol. The first-order chi connectivity index (χ1) is 7.25. The summed E-state index contributed by atoms with van der Waals surface area (Å²) in [6.07, 6.45) is 3.27. The molecule has 1 radical (unpaired) electrons. The Kier molecular flexibility index (Phi) is 4.40. The van der Waals surface area contributed by atoms with Crippen LogP contribution < -0.4 is 5.73 Å². The maximum Gasteiger partial charge on any atom is 0.295 e. The van der Waals surface area contributed by atoms with Gasteiger partial charge in [-0.25, -0.2) is 0 Å². The van der Waals surface area contributed by atoms with Gasteiger partial charge >= 0.3 is 0 Å². The summed E-state index contributed by atoms with van der Waals surface area (Å²) in [5, 5.41) is 3.59. The molecule has 1 aromatic rings. The molecule has 0 bridgehead atoms. The Morgan fingerprint density at radius 3 is 3.00 bits per heavy atom. The molecule has 0 aliphatic heterocycles. The van der Waals surface area contributed by atoms with Gasteiger partial charge in [-0.15, -0.1) is 0 Å². The Bertz CT molecular complexity index is 330. The van der Waals surface area contributed by atoms with E-state index < -0.39 is 5.91 Å². The van der Waals surface area contributed by atoms with Crippen molar-refractivity contribution in [3.63, 3.8) is 0 Å². The van der Waals surface area contributed by atoms with Crippen LogP contribution in [0.2, 0.25) is 0 Å². The number of hydrogen-bond acceptors (Lipinski definition) is 4. The zero-order valence-electron chi connectivity index (χ0n) is 8.53. The zero-order chi connectivity index (χ0) is 11.1. The Morgan fingerprint density at radius 2 is 2.47 bits per heavy atom. The molecule has 0 aliphatic rings. The number of furan rings is 1. The van der Waals surface area contributed by atoms with E-state index >= 15 is 0 Å². The number of nitrogens with zero attached hydrogens (tertiary/aromatic N) is 1. The van der Waals surface area contributed by atoms with E-state index in [1.807, 2.05) is 6.92 Å². The van der Waals surface area contributed by atoms with E-state index in [0.717, 1.165) is 12.8 Å². The first-order valence-electron chi connectivity index (χ1n) is 4.75. The van der Waals surface area contributed by atoms with Gasteiger partial charge in [0.05, 0.1) is 6.26 Å². The van der Waals surface area contributed by atoms with Gasteiger partial charge in [0.1, 0.15) is 6.61 Å². The van der Waals surface area contributed by atoms with E-state index in [-0.39, 0.29) is 11.5 Å². The largest absolute Gasteiger partial charge is 0.462 e. The van der Waals surface area contributed by atoms with Gasteiger partial charge in [0.25, 0.3) is 5.91 Å². The quantitative estimate of drug-likeness (QED) is 0.405. The third kappa shape index (κ3) is 3.46. The normalized spacial score (nSPS) is 11.4. The summed E-state index contributed by atoms with van der Waals surface area (Å²) in [4.78, 5) is 15.8. The predicted octanol–water partition coefficient (Wildman–Crippen LogP) is 1.61. The van der Waals surface area contributed by atoms with E-state index in [9.17, 15) is 4.79 Å². The SMILES string of the molecule is CCCCO/N=C(/C([NH])=O)c1ccco1. The van der Waals surface area contributed by atoms with Gasteiger partial charge < -0.3 is 9.25 Å². The van der Waals surface area contributed by atoms with Gasteiger partial charge in [0, 0.05) is 0 Å². The topological polar surface area (TPSA) is 75.6 Å². The van der Waals surface area contributed by atoms with Gasteiger partial charge in [-0.05, 0) is 18.6 Å². The van der Waals surface area contributed by atoms with Gasteiger partial charge in [-0.3, -0.25) is 10.5 Å². The predicted molar refractivity (Wildman–Crippen MR) is 54.2 cm³/mol. The molecule has 0 atom stereocenters. The van der Waals surface area contributed by atoms with Crippen LogP contribution in [0.25, 0.3) is 0 Å². The molecule has 81 valence electrons. The Morgan fingerprint density at radius 1 is 1.67 bits per heavy atom. The van der Waals surface area contributed by atoms with E-state index in [0.29, 0.717) is 6.61 Å². The van der Waals surface area contributed by atoms with Gasteiger partial charge in [-0.1, -0.05) is 18.5 Å². The summed E-state index contributed by atoms with van der Waals surface area (Å²) >= 11 is 0. The van der Waals surface area contributed by atoms with Crippen LogP contribution in [-0.4, -0.2) is 18.2 Å². The van der Waals surface area contributed by atoms with Crippen molar-refractivity contribution in [2.24, 2.45) is 5.16 Å². The van der Waals surface area contributed by atoms with Crippen molar-refractivity contribution in [2.75, 3.05) is 6.61 Å². The molecule has 5 nitrogen and oxygen atoms in total. The van der Waals surface area contributed by atoms with Crippen LogP contribution in [0.3, 0.4) is 0 Å². The fraction of sp³-hybridized carbons (Fsp3) is 0.400. The molecule has 0 aliphatic carbocycles. The van der Waals surface area contributed by atoms with Crippen molar-refractivity contribution in [2.45, 2.75) is 19.8 Å². The molecule has 1 amide bonds. The van der Waals surface area contributed by atoms with Gasteiger partial charge in [0.15, 0.2) is 5.76 Å². The fourth-order valence-electron chi connectivity index (χ4n) is 0.931. The molecule has 0 saturated heterocycles. The van der Waals surface area contributed by atoms with Crippen molar-refractivity contribution in [3.05, 3.63) is 24.2 Å². The minimum absolute atomic E-state index is 0.101. The van der Waals surface area contributed by atoms with Gasteiger partial charge in [-0.2, -0.15) is 0 Å². The second-order valence-corrected chi connectivity index (χ2v) is 2.93. The molecule has 0 spiro atoms. The first-order valence-corrected chi connectivity index (χ1v) is 4.75. The number of amides is 1. The number of rotatable bonds is 6. The molecule has 1 heterocycles. The van der Waals surface area contributed by atoms with Crippen molar-refractivity contribution in [3.8, 4) is 0 Å². The number of carbonyl (C=O) groups is 1. The van der Waals surface area contributed by atoms with Crippen molar-refractivity contribution in [1.29, 1.82) is 0 Å². The summed E-state index contributed by atoms with van der Waals surface area (Å²) in [7, 11) is 0. The van der Waals surface area contributed by atoms with Crippen molar-refractivity contribution < 1.29 is 14.0 Å². The Labute approximate surface area is 87.9 Å². The number of oxime groups is 1. The van der Waals surface area contributed by atoms with Crippen LogP contribution in [-0.2, 0) is 9.63 Å². The minimum Gasteiger partial charge on any atom is -0.462 e. The highest BCUT2D eigenvalue weighted by Crippen LogP contribution is 2.03. The second kappa shape index (κ2) is 5.85. The van der Waals surface area contributed by atoms with Crippen molar-refractivity contribution >= 4 is 11.6 Å². The number of unbranched alkanes of at least 4 members (excludes halogenated alkanes) is 1. The van der Waals surface area contributed by atoms with Crippen LogP contribution in [0.4, 0.5) is 0 Å². The van der Waals surface area contributed by atoms with Gasteiger partial charge in [0.2, 0.25) is 5.71 Å². The Balaban J connectivity index is 2.63. The van der Waals surface area contributed by atoms with Crippen LogP contribution >= 0.6 is 0 Å². The molecule has 0 unspecified atom stereocenters. The Hall–Kier alpha value is -1.78. The van der Waals surface area contributed by atoms with E-state index in [4.69, 9.17) is 15.0 Å². The highest BCUT2D eigenvalue weighted by molar-refractivity contribution is 6.43. The average molecular weight is 209 g/mol. The lowest BCUT2D eigenvalue weighted by atomic mass is 10.3. The molecule has 1 aromatic heterocycles. The molecule has 15 heavy (non-hydrogen) atoms.